The maximum absolute atomic E-state index is 11.7. The van der Waals surface area contributed by atoms with Crippen LogP contribution in [0.3, 0.4) is 0 Å². The van der Waals surface area contributed by atoms with E-state index in [0.29, 0.717) is 6.54 Å². The Balaban J connectivity index is 4.81. The molecule has 0 spiro atoms. The lowest BCUT2D eigenvalue weighted by Gasteiger charge is -2.35. The second-order valence-electron chi connectivity index (χ2n) is 8.35. The minimum Gasteiger partial charge on any atom is -0.306 e. The van der Waals surface area contributed by atoms with Gasteiger partial charge < -0.3 is 5.32 Å². The van der Waals surface area contributed by atoms with E-state index >= 15 is 0 Å². The third-order valence-corrected chi connectivity index (χ3v) is 6.16. The summed E-state index contributed by atoms with van der Waals surface area (Å²) >= 11 is 0. The molecular weight excluding hydrogens is 358 g/mol. The Kier molecular flexibility index (Phi) is 15.3. The maximum atomic E-state index is 11.7. The van der Waals surface area contributed by atoms with Gasteiger partial charge in [-0.05, 0) is 19.8 Å². The van der Waals surface area contributed by atoms with Gasteiger partial charge in [-0.3, -0.25) is 4.55 Å². The summed E-state index contributed by atoms with van der Waals surface area (Å²) in [5.74, 6) is -0.197. The molecule has 0 rings (SSSR count). The van der Waals surface area contributed by atoms with Gasteiger partial charge in [0.2, 0.25) is 0 Å². The Hall–Kier alpha value is -0.390. The molecule has 0 atom stereocenters. The molecule has 0 aliphatic heterocycles. The summed E-state index contributed by atoms with van der Waals surface area (Å²) in [5, 5.41) is 3.45. The molecule has 5 heteroatoms. The van der Waals surface area contributed by atoms with Crippen molar-refractivity contribution in [2.75, 3.05) is 12.3 Å². The first-order valence-corrected chi connectivity index (χ1v) is 12.7. The molecule has 4 nitrogen and oxygen atoms in total. The van der Waals surface area contributed by atoms with E-state index in [9.17, 15) is 13.0 Å². The molecule has 2 N–H and O–H groups in total. The summed E-state index contributed by atoms with van der Waals surface area (Å²) in [5.41, 5.74) is 0.447. The molecule has 0 saturated heterocycles. The Morgan fingerprint density at radius 3 is 1.63 bits per heavy atom. The van der Waals surface area contributed by atoms with Crippen LogP contribution in [0.4, 0.5) is 0 Å². The van der Waals surface area contributed by atoms with E-state index in [-0.39, 0.29) is 5.75 Å². The summed E-state index contributed by atoms with van der Waals surface area (Å²) < 4.78 is 33.0. The molecule has 0 heterocycles. The zero-order valence-electron chi connectivity index (χ0n) is 18.2. The van der Waals surface area contributed by atoms with Crippen LogP contribution in [0.1, 0.15) is 111 Å². The molecule has 0 saturated carbocycles. The molecule has 0 aromatic heterocycles. The van der Waals surface area contributed by atoms with E-state index in [2.05, 4.69) is 25.7 Å². The zero-order chi connectivity index (χ0) is 20.6. The lowest BCUT2D eigenvalue weighted by atomic mass is 9.87. The highest BCUT2D eigenvalue weighted by Gasteiger charge is 2.33. The smallest absolute Gasteiger partial charge is 0.266 e. The SMILES string of the molecule is C=C(C)CNC(CCCCCCCC)(CCCCCCCC)CS(=O)(=O)O. The van der Waals surface area contributed by atoms with Crippen molar-refractivity contribution in [3.63, 3.8) is 0 Å². The van der Waals surface area contributed by atoms with Crippen molar-refractivity contribution < 1.29 is 13.0 Å². The number of hydrogen-bond acceptors (Lipinski definition) is 3. The fourth-order valence-electron chi connectivity index (χ4n) is 3.67. The first-order chi connectivity index (χ1) is 12.7. The second-order valence-corrected chi connectivity index (χ2v) is 9.81. The second kappa shape index (κ2) is 15.5. The van der Waals surface area contributed by atoms with Crippen molar-refractivity contribution >= 4 is 10.1 Å². The van der Waals surface area contributed by atoms with Crippen molar-refractivity contribution in [1.82, 2.24) is 5.32 Å². The van der Waals surface area contributed by atoms with Crippen molar-refractivity contribution in [2.45, 2.75) is 116 Å². The van der Waals surface area contributed by atoms with Crippen LogP contribution in [0.2, 0.25) is 0 Å². The van der Waals surface area contributed by atoms with Crippen LogP contribution >= 0.6 is 0 Å². The average molecular weight is 404 g/mol. The Morgan fingerprint density at radius 1 is 0.852 bits per heavy atom. The van der Waals surface area contributed by atoms with Crippen LogP contribution in [-0.2, 0) is 10.1 Å². The summed E-state index contributed by atoms with van der Waals surface area (Å²) in [6, 6.07) is 0. The highest BCUT2D eigenvalue weighted by atomic mass is 32.2. The van der Waals surface area contributed by atoms with E-state index < -0.39 is 15.7 Å². The van der Waals surface area contributed by atoms with E-state index in [4.69, 9.17) is 0 Å². The quantitative estimate of drug-likeness (QED) is 0.151. The fourth-order valence-corrected chi connectivity index (χ4v) is 4.76. The average Bonchev–Trinajstić information content (AvgIpc) is 2.58. The van der Waals surface area contributed by atoms with Crippen LogP contribution in [-0.4, -0.2) is 30.8 Å². The van der Waals surface area contributed by atoms with Crippen molar-refractivity contribution in [2.24, 2.45) is 0 Å². The minimum atomic E-state index is -4.02. The molecule has 0 amide bonds. The molecular formula is C22H45NO3S. The van der Waals surface area contributed by atoms with E-state index in [1.807, 2.05) is 6.92 Å². The zero-order valence-corrected chi connectivity index (χ0v) is 19.0. The van der Waals surface area contributed by atoms with Gasteiger partial charge in [-0.15, -0.1) is 0 Å². The van der Waals surface area contributed by atoms with Crippen molar-refractivity contribution in [1.29, 1.82) is 0 Å². The monoisotopic (exact) mass is 403 g/mol. The fraction of sp³-hybridized carbons (Fsp3) is 0.909. The van der Waals surface area contributed by atoms with Gasteiger partial charge in [0.05, 0.1) is 5.75 Å². The normalized spacial score (nSPS) is 12.4. The summed E-state index contributed by atoms with van der Waals surface area (Å²) in [7, 11) is -4.02. The molecule has 0 bridgehead atoms. The molecule has 0 aromatic carbocycles. The number of unbranched alkanes of at least 4 members (excludes halogenated alkanes) is 10. The lowest BCUT2D eigenvalue weighted by molar-refractivity contribution is 0.291. The van der Waals surface area contributed by atoms with Crippen LogP contribution < -0.4 is 5.32 Å². The Morgan fingerprint density at radius 2 is 1.26 bits per heavy atom. The predicted molar refractivity (Wildman–Crippen MR) is 118 cm³/mol. The molecule has 0 aliphatic rings. The van der Waals surface area contributed by atoms with Gasteiger partial charge >= 0.3 is 0 Å². The third kappa shape index (κ3) is 16.3. The van der Waals surface area contributed by atoms with Gasteiger partial charge in [0.15, 0.2) is 0 Å². The first-order valence-electron chi connectivity index (χ1n) is 11.1. The maximum Gasteiger partial charge on any atom is 0.266 e. The highest BCUT2D eigenvalue weighted by molar-refractivity contribution is 7.85. The molecule has 0 fully saturated rings. The lowest BCUT2D eigenvalue weighted by Crippen LogP contribution is -2.51. The highest BCUT2D eigenvalue weighted by Crippen LogP contribution is 2.26. The standard InChI is InChI=1S/C22H45NO3S/c1-5-7-9-11-13-15-17-22(20-27(24,25)26,23-19-21(3)4)18-16-14-12-10-8-6-2/h23H,3,5-20H2,1-2,4H3,(H,24,25,26). The van der Waals surface area contributed by atoms with Crippen LogP contribution in [0.15, 0.2) is 12.2 Å². The Labute approximate surface area is 169 Å². The predicted octanol–water partition coefficient (Wildman–Crippen LogP) is 6.28. The van der Waals surface area contributed by atoms with Crippen molar-refractivity contribution in [3.8, 4) is 0 Å². The first kappa shape index (κ1) is 26.6. The van der Waals surface area contributed by atoms with Gasteiger partial charge in [-0.1, -0.05) is 103 Å². The van der Waals surface area contributed by atoms with Crippen LogP contribution in [0, 0.1) is 0 Å². The van der Waals surface area contributed by atoms with Gasteiger partial charge in [-0.25, -0.2) is 0 Å². The molecule has 0 aromatic rings. The number of nitrogens with one attached hydrogen (secondary N) is 1. The molecule has 27 heavy (non-hydrogen) atoms. The topological polar surface area (TPSA) is 66.4 Å². The Bertz CT molecular complexity index is 458. The van der Waals surface area contributed by atoms with E-state index in [0.717, 1.165) is 44.1 Å². The van der Waals surface area contributed by atoms with E-state index in [1.165, 1.54) is 51.4 Å². The molecule has 0 aliphatic carbocycles. The minimum absolute atomic E-state index is 0.197. The van der Waals surface area contributed by atoms with Gasteiger partial charge in [0.1, 0.15) is 0 Å². The van der Waals surface area contributed by atoms with Gasteiger partial charge in [0.25, 0.3) is 10.1 Å². The molecule has 0 radical (unpaired) electrons. The van der Waals surface area contributed by atoms with Crippen LogP contribution in [0.25, 0.3) is 0 Å². The van der Waals surface area contributed by atoms with Gasteiger partial charge in [-0.2, -0.15) is 8.42 Å². The molecule has 0 unspecified atom stereocenters. The number of hydrogen-bond donors (Lipinski definition) is 2. The van der Waals surface area contributed by atoms with Crippen molar-refractivity contribution in [3.05, 3.63) is 12.2 Å². The third-order valence-electron chi connectivity index (χ3n) is 5.24. The largest absolute Gasteiger partial charge is 0.306 e. The van der Waals surface area contributed by atoms with Gasteiger partial charge in [0, 0.05) is 12.1 Å². The summed E-state index contributed by atoms with van der Waals surface area (Å²) in [4.78, 5) is 0. The number of rotatable bonds is 19. The molecule has 162 valence electrons. The van der Waals surface area contributed by atoms with E-state index in [1.54, 1.807) is 0 Å². The summed E-state index contributed by atoms with van der Waals surface area (Å²) in [6.07, 6.45) is 15.7. The van der Waals surface area contributed by atoms with Crippen LogP contribution in [0.5, 0.6) is 0 Å². The summed E-state index contributed by atoms with van der Waals surface area (Å²) in [6.45, 7) is 10.9.